The molecule has 0 spiro atoms. The molecule has 0 aliphatic heterocycles. The van der Waals surface area contributed by atoms with E-state index in [4.69, 9.17) is 4.74 Å². The quantitative estimate of drug-likeness (QED) is 0.320. The zero-order chi connectivity index (χ0) is 19.0. The topological polar surface area (TPSA) is 79.8 Å². The summed E-state index contributed by atoms with van der Waals surface area (Å²) in [7, 11) is -2.99. The summed E-state index contributed by atoms with van der Waals surface area (Å²) in [5.74, 6) is 1.61. The van der Waals surface area contributed by atoms with E-state index in [9.17, 15) is 8.42 Å². The SMILES string of the molecule is CCNC(=NCc1ccc(C)cc1OC1CCCC1)NCCS(C)(=O)=O.I. The van der Waals surface area contributed by atoms with Gasteiger partial charge in [0.2, 0.25) is 0 Å². The number of nitrogens with zero attached hydrogens (tertiary/aromatic N) is 1. The van der Waals surface area contributed by atoms with E-state index in [2.05, 4.69) is 40.7 Å². The van der Waals surface area contributed by atoms with Crippen LogP contribution < -0.4 is 15.4 Å². The number of hydrogen-bond donors (Lipinski definition) is 2. The van der Waals surface area contributed by atoms with Gasteiger partial charge in [-0.3, -0.25) is 0 Å². The van der Waals surface area contributed by atoms with E-state index in [0.717, 1.165) is 24.2 Å². The van der Waals surface area contributed by atoms with Gasteiger partial charge < -0.3 is 15.4 Å². The lowest BCUT2D eigenvalue weighted by atomic mass is 10.1. The van der Waals surface area contributed by atoms with Gasteiger partial charge in [-0.2, -0.15) is 0 Å². The van der Waals surface area contributed by atoms with Crippen LogP contribution in [0.4, 0.5) is 0 Å². The first kappa shape index (κ1) is 24.0. The van der Waals surface area contributed by atoms with Gasteiger partial charge in [0.1, 0.15) is 15.6 Å². The van der Waals surface area contributed by atoms with Crippen molar-refractivity contribution in [1.82, 2.24) is 10.6 Å². The van der Waals surface area contributed by atoms with Crippen molar-refractivity contribution in [3.63, 3.8) is 0 Å². The van der Waals surface area contributed by atoms with Crippen LogP contribution in [0.2, 0.25) is 0 Å². The second-order valence-electron chi connectivity index (χ2n) is 6.89. The second kappa shape index (κ2) is 11.7. The molecule has 1 aliphatic carbocycles. The van der Waals surface area contributed by atoms with Gasteiger partial charge in [-0.05, 0) is 51.2 Å². The Morgan fingerprint density at radius 1 is 1.26 bits per heavy atom. The largest absolute Gasteiger partial charge is 0.490 e. The summed E-state index contributed by atoms with van der Waals surface area (Å²) >= 11 is 0. The molecule has 1 aromatic rings. The van der Waals surface area contributed by atoms with Crippen LogP contribution in [0.1, 0.15) is 43.7 Å². The van der Waals surface area contributed by atoms with E-state index in [1.165, 1.54) is 24.7 Å². The standard InChI is InChI=1S/C19H31N3O3S.HI/c1-4-20-19(21-11-12-26(3,23)24)22-14-16-10-9-15(2)13-18(16)25-17-7-5-6-8-17;/h9-10,13,17H,4-8,11-12,14H2,1-3H3,(H2,20,21,22);1H. The Labute approximate surface area is 180 Å². The molecule has 0 saturated heterocycles. The van der Waals surface area contributed by atoms with Crippen LogP contribution in [0.3, 0.4) is 0 Å². The van der Waals surface area contributed by atoms with Gasteiger partial charge in [-0.15, -0.1) is 24.0 Å². The predicted molar refractivity (Wildman–Crippen MR) is 122 cm³/mol. The Morgan fingerprint density at radius 3 is 2.59 bits per heavy atom. The molecule has 2 N–H and O–H groups in total. The number of nitrogens with one attached hydrogen (secondary N) is 2. The maximum Gasteiger partial charge on any atom is 0.191 e. The fraction of sp³-hybridized carbons (Fsp3) is 0.632. The van der Waals surface area contributed by atoms with Gasteiger partial charge in [-0.25, -0.2) is 13.4 Å². The summed E-state index contributed by atoms with van der Waals surface area (Å²) in [6.07, 6.45) is 6.24. The zero-order valence-corrected chi connectivity index (χ0v) is 19.6. The van der Waals surface area contributed by atoms with Crippen LogP contribution >= 0.6 is 24.0 Å². The minimum atomic E-state index is -2.99. The minimum Gasteiger partial charge on any atom is -0.490 e. The average Bonchev–Trinajstić information content (AvgIpc) is 3.06. The molecule has 0 bridgehead atoms. The maximum absolute atomic E-state index is 11.3. The first-order valence-electron chi connectivity index (χ1n) is 9.33. The fourth-order valence-corrected chi connectivity index (χ4v) is 3.42. The van der Waals surface area contributed by atoms with Crippen molar-refractivity contribution in [3.8, 4) is 5.75 Å². The Kier molecular flexibility index (Phi) is 10.4. The molecule has 154 valence electrons. The Bertz CT molecular complexity index is 717. The van der Waals surface area contributed by atoms with Crippen LogP contribution in [0.5, 0.6) is 5.75 Å². The molecule has 2 rings (SSSR count). The molecule has 0 radical (unpaired) electrons. The number of hydrogen-bond acceptors (Lipinski definition) is 4. The molecule has 0 amide bonds. The summed E-state index contributed by atoms with van der Waals surface area (Å²) < 4.78 is 28.8. The van der Waals surface area contributed by atoms with Crippen LogP contribution in [0.15, 0.2) is 23.2 Å². The Hall–Kier alpha value is -1.03. The predicted octanol–water partition coefficient (Wildman–Crippen LogP) is 3.03. The van der Waals surface area contributed by atoms with E-state index in [-0.39, 0.29) is 29.7 Å². The molecular weight excluding hydrogens is 477 g/mol. The highest BCUT2D eigenvalue weighted by molar-refractivity contribution is 14.0. The first-order chi connectivity index (χ1) is 12.4. The highest BCUT2D eigenvalue weighted by Gasteiger charge is 2.18. The van der Waals surface area contributed by atoms with E-state index in [1.807, 2.05) is 6.92 Å². The van der Waals surface area contributed by atoms with Crippen molar-refractivity contribution in [1.29, 1.82) is 0 Å². The molecule has 1 aromatic carbocycles. The molecule has 0 atom stereocenters. The number of guanidine groups is 1. The normalized spacial score (nSPS) is 15.3. The van der Waals surface area contributed by atoms with Gasteiger partial charge in [0.15, 0.2) is 5.96 Å². The van der Waals surface area contributed by atoms with Crippen LogP contribution in [0.25, 0.3) is 0 Å². The zero-order valence-electron chi connectivity index (χ0n) is 16.5. The summed E-state index contributed by atoms with van der Waals surface area (Å²) in [6.45, 7) is 5.57. The maximum atomic E-state index is 11.3. The van der Waals surface area contributed by atoms with Gasteiger partial charge >= 0.3 is 0 Å². The van der Waals surface area contributed by atoms with E-state index < -0.39 is 9.84 Å². The van der Waals surface area contributed by atoms with Crippen molar-refractivity contribution in [3.05, 3.63) is 29.3 Å². The lowest BCUT2D eigenvalue weighted by Crippen LogP contribution is -2.39. The molecule has 1 saturated carbocycles. The number of sulfone groups is 1. The molecule has 8 heteroatoms. The molecule has 1 fully saturated rings. The molecule has 6 nitrogen and oxygen atoms in total. The molecule has 0 heterocycles. The molecular formula is C19H32IN3O3S. The number of halogens is 1. The lowest BCUT2D eigenvalue weighted by Gasteiger charge is -2.17. The number of rotatable bonds is 8. The number of aliphatic imine (C=N–C) groups is 1. The van der Waals surface area contributed by atoms with E-state index in [1.54, 1.807) is 0 Å². The first-order valence-corrected chi connectivity index (χ1v) is 11.4. The minimum absolute atomic E-state index is 0. The van der Waals surface area contributed by atoms with Crippen LogP contribution in [-0.4, -0.2) is 45.6 Å². The summed E-state index contributed by atoms with van der Waals surface area (Å²) in [6, 6.07) is 6.20. The van der Waals surface area contributed by atoms with Gasteiger partial charge in [0, 0.05) is 24.9 Å². The fourth-order valence-electron chi connectivity index (χ4n) is 2.95. The molecule has 27 heavy (non-hydrogen) atoms. The highest BCUT2D eigenvalue weighted by atomic mass is 127. The molecule has 0 aromatic heterocycles. The number of ether oxygens (including phenoxy) is 1. The lowest BCUT2D eigenvalue weighted by molar-refractivity contribution is 0.208. The number of benzene rings is 1. The van der Waals surface area contributed by atoms with Crippen LogP contribution in [0, 0.1) is 6.92 Å². The third-order valence-corrected chi connectivity index (χ3v) is 5.28. The van der Waals surface area contributed by atoms with Gasteiger partial charge in [0.25, 0.3) is 0 Å². The van der Waals surface area contributed by atoms with Crippen molar-refractivity contribution in [2.75, 3.05) is 25.1 Å². The summed E-state index contributed by atoms with van der Waals surface area (Å²) in [4.78, 5) is 4.59. The number of aryl methyl sites for hydroxylation is 1. The summed E-state index contributed by atoms with van der Waals surface area (Å²) in [5, 5.41) is 6.22. The van der Waals surface area contributed by atoms with E-state index >= 15 is 0 Å². The molecule has 0 unspecified atom stereocenters. The van der Waals surface area contributed by atoms with Crippen molar-refractivity contribution < 1.29 is 13.2 Å². The third kappa shape index (κ3) is 9.14. The van der Waals surface area contributed by atoms with Crippen molar-refractivity contribution in [2.45, 2.75) is 52.2 Å². The van der Waals surface area contributed by atoms with Crippen molar-refractivity contribution >= 4 is 39.8 Å². The second-order valence-corrected chi connectivity index (χ2v) is 9.15. The van der Waals surface area contributed by atoms with Crippen molar-refractivity contribution in [2.24, 2.45) is 4.99 Å². The third-order valence-electron chi connectivity index (χ3n) is 4.34. The average molecular weight is 509 g/mol. The van der Waals surface area contributed by atoms with Crippen LogP contribution in [-0.2, 0) is 16.4 Å². The smallest absolute Gasteiger partial charge is 0.191 e. The Morgan fingerprint density at radius 2 is 1.96 bits per heavy atom. The van der Waals surface area contributed by atoms with Gasteiger partial charge in [-0.1, -0.05) is 12.1 Å². The Balaban J connectivity index is 0.00000364. The molecule has 1 aliphatic rings. The van der Waals surface area contributed by atoms with Gasteiger partial charge in [0.05, 0.1) is 18.4 Å². The highest BCUT2D eigenvalue weighted by Crippen LogP contribution is 2.28. The summed E-state index contributed by atoms with van der Waals surface area (Å²) in [5.41, 5.74) is 2.21. The van der Waals surface area contributed by atoms with E-state index in [0.29, 0.717) is 31.7 Å². The monoisotopic (exact) mass is 509 g/mol.